The Morgan fingerprint density at radius 2 is 1.95 bits per heavy atom. The molecule has 1 aromatic carbocycles. The average molecular weight is 295 g/mol. The molecule has 1 unspecified atom stereocenters. The van der Waals surface area contributed by atoms with Crippen molar-refractivity contribution in [3.63, 3.8) is 0 Å². The van der Waals surface area contributed by atoms with Crippen LogP contribution in [0.15, 0.2) is 18.2 Å². The Kier molecular flexibility index (Phi) is 8.87. The zero-order valence-corrected chi connectivity index (χ0v) is 13.6. The van der Waals surface area contributed by atoms with E-state index in [2.05, 4.69) is 13.8 Å². The average Bonchev–Trinajstić information content (AvgIpc) is 2.51. The second-order valence-corrected chi connectivity index (χ2v) is 5.14. The topological polar surface area (TPSA) is 53.7 Å². The normalized spacial score (nSPS) is 12.2. The molecule has 0 aromatic heterocycles. The molecular weight excluding hydrogens is 266 g/mol. The second-order valence-electron chi connectivity index (χ2n) is 5.14. The van der Waals surface area contributed by atoms with E-state index in [0.717, 1.165) is 49.4 Å². The Labute approximate surface area is 128 Å². The van der Waals surface area contributed by atoms with E-state index in [-0.39, 0.29) is 6.04 Å². The van der Waals surface area contributed by atoms with Crippen LogP contribution in [-0.2, 0) is 11.2 Å². The van der Waals surface area contributed by atoms with Crippen molar-refractivity contribution < 1.29 is 14.2 Å². The van der Waals surface area contributed by atoms with E-state index in [1.165, 1.54) is 0 Å². The Morgan fingerprint density at radius 1 is 1.14 bits per heavy atom. The summed E-state index contributed by atoms with van der Waals surface area (Å²) in [5, 5.41) is 0. The Hall–Kier alpha value is -1.26. The van der Waals surface area contributed by atoms with E-state index in [4.69, 9.17) is 19.9 Å². The third-order valence-corrected chi connectivity index (χ3v) is 3.40. The third kappa shape index (κ3) is 6.36. The lowest BCUT2D eigenvalue weighted by Gasteiger charge is -2.17. The van der Waals surface area contributed by atoms with E-state index in [9.17, 15) is 0 Å². The van der Waals surface area contributed by atoms with Crippen LogP contribution in [0, 0.1) is 0 Å². The summed E-state index contributed by atoms with van der Waals surface area (Å²) >= 11 is 0. The highest BCUT2D eigenvalue weighted by atomic mass is 16.5. The largest absolute Gasteiger partial charge is 0.493 e. The van der Waals surface area contributed by atoms with Crippen LogP contribution in [0.2, 0.25) is 0 Å². The third-order valence-electron chi connectivity index (χ3n) is 3.40. The fourth-order valence-electron chi connectivity index (χ4n) is 2.02. The van der Waals surface area contributed by atoms with Crippen LogP contribution in [-0.4, -0.2) is 33.0 Å². The van der Waals surface area contributed by atoms with Crippen molar-refractivity contribution >= 4 is 0 Å². The lowest BCUT2D eigenvalue weighted by atomic mass is 10.0. The maximum absolute atomic E-state index is 6.05. The van der Waals surface area contributed by atoms with Crippen molar-refractivity contribution in [3.05, 3.63) is 23.8 Å². The maximum atomic E-state index is 6.05. The molecule has 0 fully saturated rings. The maximum Gasteiger partial charge on any atom is 0.164 e. The molecule has 1 rings (SSSR count). The molecule has 0 saturated carbocycles. The van der Waals surface area contributed by atoms with Crippen molar-refractivity contribution in [2.24, 2.45) is 5.73 Å². The molecular formula is C17H29NO3. The molecule has 4 nitrogen and oxygen atoms in total. The molecule has 0 aliphatic rings. The minimum absolute atomic E-state index is 0.139. The van der Waals surface area contributed by atoms with E-state index < -0.39 is 0 Å². The number of methoxy groups -OCH3 is 1. The van der Waals surface area contributed by atoms with Crippen LogP contribution in [0.3, 0.4) is 0 Å². The van der Waals surface area contributed by atoms with Gasteiger partial charge in [0.15, 0.2) is 11.5 Å². The minimum Gasteiger partial charge on any atom is -0.493 e. The first-order valence-corrected chi connectivity index (χ1v) is 7.84. The molecule has 2 N–H and O–H groups in total. The van der Waals surface area contributed by atoms with Gasteiger partial charge in [-0.1, -0.05) is 32.4 Å². The first-order valence-electron chi connectivity index (χ1n) is 7.84. The number of hydrogen-bond acceptors (Lipinski definition) is 4. The smallest absolute Gasteiger partial charge is 0.164 e. The highest BCUT2D eigenvalue weighted by Gasteiger charge is 2.13. The Balaban J connectivity index is 2.60. The summed E-state index contributed by atoms with van der Waals surface area (Å²) in [5.74, 6) is 1.55. The van der Waals surface area contributed by atoms with Gasteiger partial charge in [0.25, 0.3) is 0 Å². The molecule has 21 heavy (non-hydrogen) atoms. The molecule has 0 heterocycles. The van der Waals surface area contributed by atoms with Crippen LogP contribution in [0.25, 0.3) is 0 Å². The molecule has 0 spiro atoms. The van der Waals surface area contributed by atoms with Gasteiger partial charge in [0, 0.05) is 12.6 Å². The van der Waals surface area contributed by atoms with Gasteiger partial charge in [0.2, 0.25) is 0 Å². The van der Waals surface area contributed by atoms with Gasteiger partial charge < -0.3 is 19.9 Å². The molecule has 1 atom stereocenters. The quantitative estimate of drug-likeness (QED) is 0.637. The van der Waals surface area contributed by atoms with Crippen LogP contribution in [0.5, 0.6) is 11.5 Å². The first-order chi connectivity index (χ1) is 10.2. The molecule has 0 aliphatic carbocycles. The predicted molar refractivity (Wildman–Crippen MR) is 86.2 cm³/mol. The molecule has 0 saturated heterocycles. The summed E-state index contributed by atoms with van der Waals surface area (Å²) in [6, 6.07) is 6.07. The highest BCUT2D eigenvalue weighted by molar-refractivity contribution is 5.47. The van der Waals surface area contributed by atoms with Crippen molar-refractivity contribution in [1.29, 1.82) is 0 Å². The highest BCUT2D eigenvalue weighted by Crippen LogP contribution is 2.31. The summed E-state index contributed by atoms with van der Waals surface area (Å²) in [7, 11) is 1.66. The van der Waals surface area contributed by atoms with E-state index in [1.807, 2.05) is 18.2 Å². The molecule has 1 aromatic rings. The molecule has 0 amide bonds. The Morgan fingerprint density at radius 3 is 2.62 bits per heavy atom. The van der Waals surface area contributed by atoms with E-state index in [1.54, 1.807) is 7.11 Å². The number of para-hydroxylation sites is 1. The molecule has 0 aliphatic heterocycles. The van der Waals surface area contributed by atoms with Gasteiger partial charge in [-0.25, -0.2) is 0 Å². The fraction of sp³-hybridized carbons (Fsp3) is 0.647. The van der Waals surface area contributed by atoms with Gasteiger partial charge in [0.1, 0.15) is 6.61 Å². The van der Waals surface area contributed by atoms with Crippen molar-refractivity contribution in [2.45, 2.75) is 45.6 Å². The van der Waals surface area contributed by atoms with E-state index in [0.29, 0.717) is 13.2 Å². The van der Waals surface area contributed by atoms with Crippen molar-refractivity contribution in [2.75, 3.05) is 26.9 Å². The monoisotopic (exact) mass is 295 g/mol. The first kappa shape index (κ1) is 17.8. The number of unbranched alkanes of at least 4 members (excludes halogenated alkanes) is 1. The zero-order valence-electron chi connectivity index (χ0n) is 13.6. The van der Waals surface area contributed by atoms with Crippen LogP contribution in [0.4, 0.5) is 0 Å². The number of rotatable bonds is 11. The summed E-state index contributed by atoms with van der Waals surface area (Å²) in [6.45, 7) is 6.15. The zero-order chi connectivity index (χ0) is 15.5. The summed E-state index contributed by atoms with van der Waals surface area (Å²) < 4.78 is 16.8. The second kappa shape index (κ2) is 10.5. The molecule has 0 radical (unpaired) electrons. The minimum atomic E-state index is 0.139. The lowest BCUT2D eigenvalue weighted by molar-refractivity contribution is 0.0966. The fourth-order valence-corrected chi connectivity index (χ4v) is 2.02. The summed E-state index contributed by atoms with van der Waals surface area (Å²) in [5.41, 5.74) is 7.15. The van der Waals surface area contributed by atoms with Gasteiger partial charge in [0.05, 0.1) is 13.7 Å². The molecule has 0 bridgehead atoms. The Bertz CT molecular complexity index is 396. The number of nitrogens with two attached hydrogens (primary N) is 1. The summed E-state index contributed by atoms with van der Waals surface area (Å²) in [6.07, 6.45) is 3.97. The molecule has 4 heteroatoms. The van der Waals surface area contributed by atoms with Gasteiger partial charge in [-0.15, -0.1) is 0 Å². The SMILES string of the molecule is CCCCOCCOc1c(CC(N)CC)cccc1OC. The predicted octanol–water partition coefficient (Wildman–Crippen LogP) is 3.17. The standard InChI is InChI=1S/C17H29NO3/c1-4-6-10-20-11-12-21-17-14(13-15(18)5-2)8-7-9-16(17)19-3/h7-9,15H,4-6,10-13,18H2,1-3H3. The lowest BCUT2D eigenvalue weighted by Crippen LogP contribution is -2.22. The number of hydrogen-bond donors (Lipinski definition) is 1. The van der Waals surface area contributed by atoms with E-state index >= 15 is 0 Å². The van der Waals surface area contributed by atoms with Crippen LogP contribution in [0.1, 0.15) is 38.7 Å². The van der Waals surface area contributed by atoms with Crippen molar-refractivity contribution in [3.8, 4) is 11.5 Å². The van der Waals surface area contributed by atoms with Crippen LogP contribution < -0.4 is 15.2 Å². The van der Waals surface area contributed by atoms with Gasteiger partial charge >= 0.3 is 0 Å². The van der Waals surface area contributed by atoms with Gasteiger partial charge in [-0.3, -0.25) is 0 Å². The van der Waals surface area contributed by atoms with Gasteiger partial charge in [-0.2, -0.15) is 0 Å². The molecule has 120 valence electrons. The van der Waals surface area contributed by atoms with Gasteiger partial charge in [-0.05, 0) is 30.9 Å². The van der Waals surface area contributed by atoms with Crippen molar-refractivity contribution in [1.82, 2.24) is 0 Å². The number of benzene rings is 1. The number of ether oxygens (including phenoxy) is 3. The van der Waals surface area contributed by atoms with Crippen LogP contribution >= 0.6 is 0 Å². The summed E-state index contributed by atoms with van der Waals surface area (Å²) in [4.78, 5) is 0.